The van der Waals surface area contributed by atoms with Gasteiger partial charge in [-0.2, -0.15) is 0 Å². The van der Waals surface area contributed by atoms with Crippen LogP contribution >= 0.6 is 0 Å². The molecule has 174 valence electrons. The Morgan fingerprint density at radius 2 is 1.35 bits per heavy atom. The molecule has 0 atom stereocenters. The number of rotatable bonds is 4. The highest BCUT2D eigenvalue weighted by atomic mass is 16.3. The van der Waals surface area contributed by atoms with Crippen LogP contribution in [0.15, 0.2) is 78.5 Å². The molecule has 1 heterocycles. The highest BCUT2D eigenvalue weighted by molar-refractivity contribution is 5.95. The van der Waals surface area contributed by atoms with Gasteiger partial charge in [0.05, 0.1) is 0 Å². The van der Waals surface area contributed by atoms with Gasteiger partial charge in [-0.15, -0.1) is 0 Å². The van der Waals surface area contributed by atoms with E-state index in [9.17, 15) is 14.7 Å². The summed E-state index contributed by atoms with van der Waals surface area (Å²) < 4.78 is 0. The highest BCUT2D eigenvalue weighted by Crippen LogP contribution is 2.37. The number of piperazine rings is 1. The van der Waals surface area contributed by atoms with Gasteiger partial charge in [-0.3, -0.25) is 9.59 Å². The minimum atomic E-state index is -1.15. The van der Waals surface area contributed by atoms with Crippen molar-refractivity contribution in [3.8, 4) is 11.1 Å². The van der Waals surface area contributed by atoms with E-state index in [2.05, 4.69) is 24.3 Å². The van der Waals surface area contributed by atoms with Crippen LogP contribution in [0, 0.1) is 0 Å². The Balaban J connectivity index is 1.22. The Bertz CT molecular complexity index is 1180. The van der Waals surface area contributed by atoms with Gasteiger partial charge in [0.15, 0.2) is 0 Å². The predicted molar refractivity (Wildman–Crippen MR) is 133 cm³/mol. The number of carbonyl (C=O) groups is 2. The number of nitrogens with two attached hydrogens (primary N) is 1. The number of aliphatic hydroxyl groups is 1. The largest absolute Gasteiger partial charge is 0.401 e. The van der Waals surface area contributed by atoms with Crippen LogP contribution in [0.1, 0.15) is 35.2 Å². The lowest BCUT2D eigenvalue weighted by atomic mass is 9.98. The number of allylic oxidation sites excluding steroid dienone is 5. The molecule has 3 N–H and O–H groups in total. The molecule has 3 aliphatic rings. The Hall–Kier alpha value is -3.64. The first-order chi connectivity index (χ1) is 16.4. The molecule has 0 aromatic heterocycles. The summed E-state index contributed by atoms with van der Waals surface area (Å²) in [4.78, 5) is 28.7. The lowest BCUT2D eigenvalue weighted by molar-refractivity contribution is -0.143. The quantitative estimate of drug-likeness (QED) is 0.740. The first kappa shape index (κ1) is 22.2. The van der Waals surface area contributed by atoms with E-state index in [4.69, 9.17) is 5.73 Å². The van der Waals surface area contributed by atoms with Crippen molar-refractivity contribution in [2.24, 2.45) is 5.73 Å². The summed E-state index contributed by atoms with van der Waals surface area (Å²) in [5, 5.41) is 10.0. The Morgan fingerprint density at radius 1 is 0.794 bits per heavy atom. The smallest absolute Gasteiger partial charge is 0.254 e. The monoisotopic (exact) mass is 455 g/mol. The van der Waals surface area contributed by atoms with E-state index in [0.717, 1.165) is 34.4 Å². The molecular formula is C28H29N3O3. The summed E-state index contributed by atoms with van der Waals surface area (Å²) in [6.07, 6.45) is 9.93. The fourth-order valence-corrected chi connectivity index (χ4v) is 4.49. The van der Waals surface area contributed by atoms with E-state index in [1.165, 1.54) is 0 Å². The van der Waals surface area contributed by atoms with Crippen molar-refractivity contribution >= 4 is 17.4 Å². The summed E-state index contributed by atoms with van der Waals surface area (Å²) >= 11 is 0. The SMILES string of the molecule is NC1=C(c2ccc(-c3ccc(C(=O)N4CCN(C(=O)C5(O)CC5)CC4)cc3)cc2)C=CC=CC1. The maximum absolute atomic E-state index is 13.0. The van der Waals surface area contributed by atoms with E-state index >= 15 is 0 Å². The molecule has 2 aromatic rings. The predicted octanol–water partition coefficient (Wildman–Crippen LogP) is 3.35. The normalized spacial score (nSPS) is 19.2. The number of hydrogen-bond acceptors (Lipinski definition) is 4. The van der Waals surface area contributed by atoms with E-state index in [-0.39, 0.29) is 11.8 Å². The zero-order chi connectivity index (χ0) is 23.7. The molecule has 6 heteroatoms. The minimum absolute atomic E-state index is 0.0321. The van der Waals surface area contributed by atoms with Crippen LogP contribution in [-0.4, -0.2) is 58.5 Å². The second-order valence-electron chi connectivity index (χ2n) is 9.20. The first-order valence-corrected chi connectivity index (χ1v) is 11.8. The molecule has 2 fully saturated rings. The van der Waals surface area contributed by atoms with Crippen molar-refractivity contribution in [2.75, 3.05) is 26.2 Å². The standard InChI is InChI=1S/C28H29N3O3/c29-25-5-3-1-2-4-24(25)22-10-6-20(7-11-22)21-8-12-23(13-9-21)26(32)30-16-18-31(19-17-30)27(33)28(34)14-15-28/h1-4,6-13,34H,5,14-19,29H2. The summed E-state index contributed by atoms with van der Waals surface area (Å²) in [5.41, 5.74) is 10.8. The summed E-state index contributed by atoms with van der Waals surface area (Å²) in [7, 11) is 0. The molecule has 0 spiro atoms. The zero-order valence-electron chi connectivity index (χ0n) is 19.1. The number of amides is 2. The molecule has 2 aliphatic carbocycles. The molecule has 0 bridgehead atoms. The second-order valence-corrected chi connectivity index (χ2v) is 9.20. The van der Waals surface area contributed by atoms with Crippen molar-refractivity contribution in [3.63, 3.8) is 0 Å². The van der Waals surface area contributed by atoms with E-state index in [0.29, 0.717) is 44.6 Å². The van der Waals surface area contributed by atoms with Crippen molar-refractivity contribution in [1.29, 1.82) is 0 Å². The topological polar surface area (TPSA) is 86.9 Å². The molecule has 0 radical (unpaired) electrons. The molecule has 1 saturated heterocycles. The van der Waals surface area contributed by atoms with Crippen LogP contribution in [0.2, 0.25) is 0 Å². The van der Waals surface area contributed by atoms with Crippen LogP contribution in [0.3, 0.4) is 0 Å². The Kier molecular flexibility index (Phi) is 5.84. The van der Waals surface area contributed by atoms with Gasteiger partial charge < -0.3 is 20.6 Å². The van der Waals surface area contributed by atoms with Gasteiger partial charge >= 0.3 is 0 Å². The van der Waals surface area contributed by atoms with E-state index in [1.54, 1.807) is 9.80 Å². The molecule has 2 aromatic carbocycles. The lowest BCUT2D eigenvalue weighted by Crippen LogP contribution is -2.53. The molecule has 34 heavy (non-hydrogen) atoms. The number of carbonyl (C=O) groups excluding carboxylic acids is 2. The number of hydrogen-bond donors (Lipinski definition) is 2. The van der Waals surface area contributed by atoms with Gasteiger partial charge in [0.2, 0.25) is 0 Å². The van der Waals surface area contributed by atoms with Gasteiger partial charge in [-0.1, -0.05) is 60.7 Å². The van der Waals surface area contributed by atoms with Crippen LogP contribution < -0.4 is 5.73 Å². The van der Waals surface area contributed by atoms with Crippen molar-refractivity contribution in [2.45, 2.75) is 24.9 Å². The summed E-state index contributed by atoms with van der Waals surface area (Å²) in [6, 6.07) is 15.9. The van der Waals surface area contributed by atoms with Gasteiger partial charge in [0.25, 0.3) is 11.8 Å². The van der Waals surface area contributed by atoms with Crippen LogP contribution in [-0.2, 0) is 4.79 Å². The average Bonchev–Trinajstić information content (AvgIpc) is 3.67. The fourth-order valence-electron chi connectivity index (χ4n) is 4.49. The second kappa shape index (κ2) is 8.95. The number of nitrogens with zero attached hydrogens (tertiary/aromatic N) is 2. The van der Waals surface area contributed by atoms with E-state index in [1.807, 2.05) is 48.6 Å². The maximum atomic E-state index is 13.0. The van der Waals surface area contributed by atoms with Crippen LogP contribution in [0.25, 0.3) is 16.7 Å². The molecule has 0 unspecified atom stereocenters. The maximum Gasteiger partial charge on any atom is 0.254 e. The minimum Gasteiger partial charge on any atom is -0.401 e. The highest BCUT2D eigenvalue weighted by Gasteiger charge is 2.50. The fraction of sp³-hybridized carbons (Fsp3) is 0.286. The zero-order valence-corrected chi connectivity index (χ0v) is 19.1. The Morgan fingerprint density at radius 3 is 1.97 bits per heavy atom. The molecular weight excluding hydrogens is 426 g/mol. The Labute approximate surface area is 199 Å². The van der Waals surface area contributed by atoms with Gasteiger partial charge in [0.1, 0.15) is 5.60 Å². The summed E-state index contributed by atoms with van der Waals surface area (Å²) in [6.45, 7) is 1.88. The van der Waals surface area contributed by atoms with Crippen molar-refractivity contribution in [1.82, 2.24) is 9.80 Å². The van der Waals surface area contributed by atoms with Crippen molar-refractivity contribution in [3.05, 3.63) is 89.7 Å². The van der Waals surface area contributed by atoms with Crippen LogP contribution in [0.5, 0.6) is 0 Å². The third-order valence-electron chi connectivity index (χ3n) is 6.83. The van der Waals surface area contributed by atoms with Crippen LogP contribution in [0.4, 0.5) is 0 Å². The molecule has 1 aliphatic heterocycles. The van der Waals surface area contributed by atoms with Gasteiger partial charge in [0, 0.05) is 49.4 Å². The van der Waals surface area contributed by atoms with Gasteiger partial charge in [-0.05, 0) is 41.7 Å². The lowest BCUT2D eigenvalue weighted by Gasteiger charge is -2.35. The first-order valence-electron chi connectivity index (χ1n) is 11.8. The molecule has 1 saturated carbocycles. The molecule has 2 amide bonds. The van der Waals surface area contributed by atoms with Crippen molar-refractivity contribution < 1.29 is 14.7 Å². The third kappa shape index (κ3) is 4.41. The summed E-state index contributed by atoms with van der Waals surface area (Å²) in [5.74, 6) is -0.226. The molecule has 5 rings (SSSR count). The third-order valence-corrected chi connectivity index (χ3v) is 6.83. The van der Waals surface area contributed by atoms with Gasteiger partial charge in [-0.25, -0.2) is 0 Å². The average molecular weight is 456 g/mol. The van der Waals surface area contributed by atoms with E-state index < -0.39 is 5.60 Å². The number of benzene rings is 2. The molecule has 6 nitrogen and oxygen atoms in total.